The highest BCUT2D eigenvalue weighted by atomic mass is 35.5. The molecule has 3 aromatic rings. The molecule has 0 aliphatic carbocycles. The van der Waals surface area contributed by atoms with Crippen LogP contribution in [0.25, 0.3) is 23.1 Å². The Labute approximate surface area is 146 Å². The fraction of sp³-hybridized carbons (Fsp3) is 0.150. The Kier molecular flexibility index (Phi) is 4.88. The first kappa shape index (κ1) is 16.2. The van der Waals surface area contributed by atoms with Crippen molar-refractivity contribution in [1.29, 1.82) is 5.26 Å². The SMILES string of the molecule is COc1ccc2c(c1)cc(C=Cc1ccccc1Cl)n2CCC#N. The molecule has 0 amide bonds. The van der Waals surface area contributed by atoms with Crippen LogP contribution in [0.1, 0.15) is 17.7 Å². The number of methoxy groups -OCH3 is 1. The summed E-state index contributed by atoms with van der Waals surface area (Å²) in [5, 5.41) is 10.7. The molecule has 0 saturated heterocycles. The van der Waals surface area contributed by atoms with E-state index in [2.05, 4.69) is 16.7 Å². The quantitative estimate of drug-likeness (QED) is 0.626. The van der Waals surface area contributed by atoms with Gasteiger partial charge in [0, 0.05) is 28.2 Å². The van der Waals surface area contributed by atoms with Crippen molar-refractivity contribution in [2.24, 2.45) is 0 Å². The second-order valence-corrected chi connectivity index (χ2v) is 5.82. The van der Waals surface area contributed by atoms with Crippen LogP contribution in [0.4, 0.5) is 0 Å². The van der Waals surface area contributed by atoms with Crippen molar-refractivity contribution in [3.05, 3.63) is 64.8 Å². The molecular formula is C20H17ClN2O. The maximum Gasteiger partial charge on any atom is 0.119 e. The highest BCUT2D eigenvalue weighted by Gasteiger charge is 2.08. The van der Waals surface area contributed by atoms with Crippen molar-refractivity contribution >= 4 is 34.7 Å². The summed E-state index contributed by atoms with van der Waals surface area (Å²) in [7, 11) is 1.66. The number of halogens is 1. The van der Waals surface area contributed by atoms with E-state index in [0.717, 1.165) is 32.9 Å². The van der Waals surface area contributed by atoms with Crippen LogP contribution in [0.3, 0.4) is 0 Å². The minimum absolute atomic E-state index is 0.461. The van der Waals surface area contributed by atoms with Gasteiger partial charge in [0.15, 0.2) is 0 Å². The van der Waals surface area contributed by atoms with Crippen LogP contribution in [-0.4, -0.2) is 11.7 Å². The lowest BCUT2D eigenvalue weighted by atomic mass is 10.2. The molecule has 0 N–H and O–H groups in total. The molecule has 1 aromatic heterocycles. The molecule has 0 radical (unpaired) electrons. The third-order valence-corrected chi connectivity index (χ3v) is 4.27. The molecule has 0 saturated carbocycles. The van der Waals surface area contributed by atoms with Gasteiger partial charge in [-0.05, 0) is 42.0 Å². The first-order valence-corrected chi connectivity index (χ1v) is 8.07. The van der Waals surface area contributed by atoms with Crippen LogP contribution in [0, 0.1) is 11.3 Å². The van der Waals surface area contributed by atoms with E-state index >= 15 is 0 Å². The molecule has 24 heavy (non-hydrogen) atoms. The Morgan fingerprint density at radius 1 is 1.17 bits per heavy atom. The Morgan fingerprint density at radius 2 is 2.00 bits per heavy atom. The Morgan fingerprint density at radius 3 is 2.75 bits per heavy atom. The normalized spacial score (nSPS) is 11.0. The van der Waals surface area contributed by atoms with E-state index in [9.17, 15) is 0 Å². The van der Waals surface area contributed by atoms with Gasteiger partial charge in [-0.1, -0.05) is 35.9 Å². The minimum Gasteiger partial charge on any atom is -0.497 e. The first-order chi connectivity index (χ1) is 11.7. The van der Waals surface area contributed by atoms with Gasteiger partial charge in [0.05, 0.1) is 19.6 Å². The number of fused-ring (bicyclic) bond motifs is 1. The summed E-state index contributed by atoms with van der Waals surface area (Å²) >= 11 is 6.21. The third-order valence-electron chi connectivity index (χ3n) is 3.93. The molecule has 0 aliphatic heterocycles. The maximum absolute atomic E-state index is 8.94. The number of nitrogens with zero attached hydrogens (tertiary/aromatic N) is 2. The number of rotatable bonds is 5. The number of nitriles is 1. The van der Waals surface area contributed by atoms with E-state index in [0.29, 0.717) is 13.0 Å². The largest absolute Gasteiger partial charge is 0.497 e. The topological polar surface area (TPSA) is 38.0 Å². The maximum atomic E-state index is 8.94. The van der Waals surface area contributed by atoms with Crippen molar-refractivity contribution in [3.8, 4) is 11.8 Å². The highest BCUT2D eigenvalue weighted by molar-refractivity contribution is 6.32. The first-order valence-electron chi connectivity index (χ1n) is 7.70. The number of hydrogen-bond donors (Lipinski definition) is 0. The molecule has 120 valence electrons. The Bertz CT molecular complexity index is 934. The summed E-state index contributed by atoms with van der Waals surface area (Å²) in [6.45, 7) is 0.647. The predicted molar refractivity (Wildman–Crippen MR) is 99.1 cm³/mol. The smallest absolute Gasteiger partial charge is 0.119 e. The summed E-state index contributed by atoms with van der Waals surface area (Å²) in [4.78, 5) is 0. The second kappa shape index (κ2) is 7.25. The molecule has 0 aliphatic rings. The van der Waals surface area contributed by atoms with Crippen LogP contribution in [-0.2, 0) is 6.54 Å². The zero-order valence-electron chi connectivity index (χ0n) is 13.4. The fourth-order valence-corrected chi connectivity index (χ4v) is 2.93. The third kappa shape index (κ3) is 3.29. The van der Waals surface area contributed by atoms with Crippen LogP contribution >= 0.6 is 11.6 Å². The second-order valence-electron chi connectivity index (χ2n) is 5.41. The van der Waals surface area contributed by atoms with Crippen LogP contribution < -0.4 is 4.74 Å². The van der Waals surface area contributed by atoms with E-state index in [1.165, 1.54) is 0 Å². The van der Waals surface area contributed by atoms with Gasteiger partial charge in [0.25, 0.3) is 0 Å². The monoisotopic (exact) mass is 336 g/mol. The lowest BCUT2D eigenvalue weighted by Gasteiger charge is -2.06. The molecule has 3 rings (SSSR count). The molecular weight excluding hydrogens is 320 g/mol. The van der Waals surface area contributed by atoms with Gasteiger partial charge in [-0.3, -0.25) is 0 Å². The lowest BCUT2D eigenvalue weighted by Crippen LogP contribution is -1.99. The van der Waals surface area contributed by atoms with Crippen molar-refractivity contribution in [3.63, 3.8) is 0 Å². The van der Waals surface area contributed by atoms with E-state index in [1.807, 2.05) is 54.6 Å². The molecule has 0 bridgehead atoms. The van der Waals surface area contributed by atoms with Gasteiger partial charge in [-0.25, -0.2) is 0 Å². The number of hydrogen-bond acceptors (Lipinski definition) is 2. The zero-order chi connectivity index (χ0) is 16.9. The molecule has 2 aromatic carbocycles. The number of aryl methyl sites for hydroxylation is 1. The standard InChI is InChI=1S/C20H17ClN2O/c1-24-18-9-10-20-16(14-18)13-17(23(20)12-4-11-22)8-7-15-5-2-3-6-19(15)21/h2-3,5-10,13-14H,4,12H2,1H3. The average molecular weight is 337 g/mol. The molecule has 0 fully saturated rings. The van der Waals surface area contributed by atoms with Gasteiger partial charge in [0.2, 0.25) is 0 Å². The van der Waals surface area contributed by atoms with E-state index < -0.39 is 0 Å². The van der Waals surface area contributed by atoms with Gasteiger partial charge in [-0.15, -0.1) is 0 Å². The fourth-order valence-electron chi connectivity index (χ4n) is 2.73. The molecule has 0 spiro atoms. The van der Waals surface area contributed by atoms with Gasteiger partial charge in [-0.2, -0.15) is 5.26 Å². The summed E-state index contributed by atoms with van der Waals surface area (Å²) in [5.74, 6) is 0.821. The summed E-state index contributed by atoms with van der Waals surface area (Å²) in [6.07, 6.45) is 4.49. The Hall–Kier alpha value is -2.70. The predicted octanol–water partition coefficient (Wildman–Crippen LogP) is 5.39. The van der Waals surface area contributed by atoms with Crippen molar-refractivity contribution in [2.45, 2.75) is 13.0 Å². The lowest BCUT2D eigenvalue weighted by molar-refractivity contribution is 0.415. The van der Waals surface area contributed by atoms with Crippen LogP contribution in [0.2, 0.25) is 5.02 Å². The molecule has 3 nitrogen and oxygen atoms in total. The van der Waals surface area contributed by atoms with Crippen molar-refractivity contribution in [1.82, 2.24) is 4.57 Å². The average Bonchev–Trinajstić information content (AvgIpc) is 2.95. The van der Waals surface area contributed by atoms with Gasteiger partial charge < -0.3 is 9.30 Å². The van der Waals surface area contributed by atoms with Crippen LogP contribution in [0.5, 0.6) is 5.75 Å². The van der Waals surface area contributed by atoms with E-state index in [-0.39, 0.29) is 0 Å². The Balaban J connectivity index is 2.05. The molecule has 0 atom stereocenters. The zero-order valence-corrected chi connectivity index (χ0v) is 14.1. The summed E-state index contributed by atoms with van der Waals surface area (Å²) in [6, 6.07) is 18.0. The van der Waals surface area contributed by atoms with Crippen molar-refractivity contribution < 1.29 is 4.74 Å². The minimum atomic E-state index is 0.461. The molecule has 0 unspecified atom stereocenters. The van der Waals surface area contributed by atoms with Gasteiger partial charge in [0.1, 0.15) is 5.75 Å². The number of aromatic nitrogens is 1. The van der Waals surface area contributed by atoms with E-state index in [1.54, 1.807) is 7.11 Å². The summed E-state index contributed by atoms with van der Waals surface area (Å²) < 4.78 is 7.44. The number of ether oxygens (including phenoxy) is 1. The molecule has 4 heteroatoms. The highest BCUT2D eigenvalue weighted by Crippen LogP contribution is 2.27. The van der Waals surface area contributed by atoms with Crippen LogP contribution in [0.15, 0.2) is 48.5 Å². The number of benzene rings is 2. The van der Waals surface area contributed by atoms with Crippen molar-refractivity contribution in [2.75, 3.05) is 7.11 Å². The molecule has 1 heterocycles. The summed E-state index contributed by atoms with van der Waals surface area (Å²) in [5.41, 5.74) is 3.09. The van der Waals surface area contributed by atoms with Gasteiger partial charge >= 0.3 is 0 Å². The van der Waals surface area contributed by atoms with E-state index in [4.69, 9.17) is 21.6 Å².